The third kappa shape index (κ3) is 3.03. The van der Waals surface area contributed by atoms with E-state index in [1.807, 2.05) is 30.3 Å². The van der Waals surface area contributed by atoms with Crippen LogP contribution in [0.5, 0.6) is 0 Å². The van der Waals surface area contributed by atoms with Crippen LogP contribution in [-0.2, 0) is 11.2 Å². The summed E-state index contributed by atoms with van der Waals surface area (Å²) < 4.78 is 29.5. The summed E-state index contributed by atoms with van der Waals surface area (Å²) in [6.07, 6.45) is 4.23. The Morgan fingerprint density at radius 3 is 2.67 bits per heavy atom. The van der Waals surface area contributed by atoms with E-state index in [0.717, 1.165) is 11.3 Å². The lowest BCUT2D eigenvalue weighted by Gasteiger charge is -2.41. The molecule has 0 saturated heterocycles. The zero-order valence-electron chi connectivity index (χ0n) is 13.1. The van der Waals surface area contributed by atoms with Crippen molar-refractivity contribution in [1.29, 1.82) is 0 Å². The van der Waals surface area contributed by atoms with Crippen molar-refractivity contribution in [2.24, 2.45) is 0 Å². The highest BCUT2D eigenvalue weighted by Gasteiger charge is 2.60. The first-order valence-electron chi connectivity index (χ1n) is 7.90. The molecule has 1 heterocycles. The smallest absolute Gasteiger partial charge is 0.352 e. The van der Waals surface area contributed by atoms with E-state index in [0.29, 0.717) is 12.8 Å². The number of amides is 1. The molecule has 0 bridgehead atoms. The second-order valence-corrected chi connectivity index (χ2v) is 6.09. The van der Waals surface area contributed by atoms with Crippen LogP contribution >= 0.6 is 0 Å². The molecule has 1 aliphatic carbocycles. The number of benzene rings is 1. The summed E-state index contributed by atoms with van der Waals surface area (Å²) in [4.78, 5) is 11.7. The Hall–Kier alpha value is -2.28. The summed E-state index contributed by atoms with van der Waals surface area (Å²) >= 11 is 0. The number of hydrogen-bond donors (Lipinski definition) is 2. The standard InChI is InChI=1S/C17H19F2N3O2/c18-17(19,16(24)8-4-9-16)15(23)20-10-7-13-11-21-22(12-13)14-5-2-1-3-6-14/h1-3,5-6,11-12,24H,4,7-10H2,(H,20,23). The van der Waals surface area contributed by atoms with E-state index in [9.17, 15) is 18.7 Å². The van der Waals surface area contributed by atoms with Gasteiger partial charge in [0.2, 0.25) is 0 Å². The van der Waals surface area contributed by atoms with Gasteiger partial charge in [0.25, 0.3) is 5.91 Å². The minimum absolute atomic E-state index is 0.0444. The fraction of sp³-hybridized carbons (Fsp3) is 0.412. The number of para-hydroxylation sites is 1. The highest BCUT2D eigenvalue weighted by atomic mass is 19.3. The number of hydrogen-bond acceptors (Lipinski definition) is 3. The maximum absolute atomic E-state index is 13.9. The van der Waals surface area contributed by atoms with Crippen molar-refractivity contribution in [3.8, 4) is 5.69 Å². The number of nitrogens with zero attached hydrogens (tertiary/aromatic N) is 2. The molecule has 1 saturated carbocycles. The molecule has 1 aromatic heterocycles. The number of alkyl halides is 2. The SMILES string of the molecule is O=C(NCCc1cnn(-c2ccccc2)c1)C(F)(F)C1(O)CCC1. The number of carbonyl (C=O) groups excluding carboxylic acids is 1. The molecule has 0 unspecified atom stereocenters. The number of carbonyl (C=O) groups is 1. The number of aliphatic hydroxyl groups is 1. The van der Waals surface area contributed by atoms with E-state index in [1.54, 1.807) is 17.1 Å². The summed E-state index contributed by atoms with van der Waals surface area (Å²) in [7, 11) is 0. The summed E-state index contributed by atoms with van der Waals surface area (Å²) in [6.45, 7) is 0.0605. The molecular weight excluding hydrogens is 316 g/mol. The van der Waals surface area contributed by atoms with Gasteiger partial charge in [-0.1, -0.05) is 18.2 Å². The first kappa shape index (κ1) is 16.6. The fourth-order valence-corrected chi connectivity index (χ4v) is 2.68. The maximum Gasteiger partial charge on any atom is 0.352 e. The molecule has 128 valence electrons. The lowest BCUT2D eigenvalue weighted by Crippen LogP contribution is -2.60. The predicted molar refractivity (Wildman–Crippen MR) is 84.0 cm³/mol. The maximum atomic E-state index is 13.9. The number of nitrogens with one attached hydrogen (secondary N) is 1. The zero-order valence-corrected chi connectivity index (χ0v) is 13.1. The second-order valence-electron chi connectivity index (χ2n) is 6.09. The van der Waals surface area contributed by atoms with Gasteiger partial charge in [-0.05, 0) is 43.4 Å². The topological polar surface area (TPSA) is 67.2 Å². The van der Waals surface area contributed by atoms with Crippen molar-refractivity contribution in [2.45, 2.75) is 37.2 Å². The fourth-order valence-electron chi connectivity index (χ4n) is 2.68. The lowest BCUT2D eigenvalue weighted by molar-refractivity contribution is -0.215. The lowest BCUT2D eigenvalue weighted by atomic mass is 9.75. The van der Waals surface area contributed by atoms with Crippen LogP contribution in [0.2, 0.25) is 0 Å². The predicted octanol–water partition coefficient (Wildman–Crippen LogP) is 2.08. The average molecular weight is 335 g/mol. The van der Waals surface area contributed by atoms with Gasteiger partial charge < -0.3 is 10.4 Å². The van der Waals surface area contributed by atoms with Crippen molar-refractivity contribution in [2.75, 3.05) is 6.54 Å². The Morgan fingerprint density at radius 1 is 1.33 bits per heavy atom. The molecule has 0 radical (unpaired) electrons. The minimum atomic E-state index is -3.75. The molecule has 3 rings (SSSR count). The molecule has 1 aromatic carbocycles. The first-order valence-corrected chi connectivity index (χ1v) is 7.90. The van der Waals surface area contributed by atoms with E-state index >= 15 is 0 Å². The number of rotatable bonds is 6. The molecule has 7 heteroatoms. The van der Waals surface area contributed by atoms with Crippen molar-refractivity contribution in [3.63, 3.8) is 0 Å². The van der Waals surface area contributed by atoms with Crippen LogP contribution in [0.3, 0.4) is 0 Å². The third-order valence-electron chi connectivity index (χ3n) is 4.41. The molecule has 2 aromatic rings. The van der Waals surface area contributed by atoms with E-state index in [2.05, 4.69) is 10.4 Å². The van der Waals surface area contributed by atoms with Gasteiger partial charge in [-0.15, -0.1) is 0 Å². The number of aromatic nitrogens is 2. The molecule has 0 atom stereocenters. The van der Waals surface area contributed by atoms with E-state index in [-0.39, 0.29) is 19.4 Å². The molecule has 0 spiro atoms. The average Bonchev–Trinajstić information content (AvgIpc) is 3.02. The van der Waals surface area contributed by atoms with Crippen molar-refractivity contribution in [3.05, 3.63) is 48.3 Å². The summed E-state index contributed by atoms with van der Waals surface area (Å²) in [5.74, 6) is -5.17. The van der Waals surface area contributed by atoms with Gasteiger partial charge in [-0.25, -0.2) is 4.68 Å². The Labute approximate surface area is 138 Å². The quantitative estimate of drug-likeness (QED) is 0.849. The van der Waals surface area contributed by atoms with E-state index < -0.39 is 17.4 Å². The van der Waals surface area contributed by atoms with Crippen LogP contribution in [-0.4, -0.2) is 38.9 Å². The van der Waals surface area contributed by atoms with Crippen molar-refractivity contribution >= 4 is 5.91 Å². The van der Waals surface area contributed by atoms with Crippen LogP contribution in [0.4, 0.5) is 8.78 Å². The monoisotopic (exact) mass is 335 g/mol. The van der Waals surface area contributed by atoms with Gasteiger partial charge in [0, 0.05) is 12.7 Å². The van der Waals surface area contributed by atoms with Crippen LogP contribution in [0.25, 0.3) is 5.69 Å². The minimum Gasteiger partial charge on any atom is -0.383 e. The Morgan fingerprint density at radius 2 is 2.04 bits per heavy atom. The molecule has 24 heavy (non-hydrogen) atoms. The van der Waals surface area contributed by atoms with Gasteiger partial charge in [0.15, 0.2) is 0 Å². The third-order valence-corrected chi connectivity index (χ3v) is 4.41. The Bertz CT molecular complexity index is 712. The molecular formula is C17H19F2N3O2. The second kappa shape index (κ2) is 6.32. The van der Waals surface area contributed by atoms with Crippen LogP contribution in [0, 0.1) is 0 Å². The van der Waals surface area contributed by atoms with Crippen LogP contribution in [0.1, 0.15) is 24.8 Å². The Balaban J connectivity index is 1.54. The highest BCUT2D eigenvalue weighted by molar-refractivity contribution is 5.85. The number of halogens is 2. The van der Waals surface area contributed by atoms with Gasteiger partial charge in [-0.3, -0.25) is 4.79 Å². The van der Waals surface area contributed by atoms with Crippen molar-refractivity contribution in [1.82, 2.24) is 15.1 Å². The summed E-state index contributed by atoms with van der Waals surface area (Å²) in [5, 5.41) is 16.1. The van der Waals surface area contributed by atoms with Gasteiger partial charge >= 0.3 is 5.92 Å². The van der Waals surface area contributed by atoms with Gasteiger partial charge in [-0.2, -0.15) is 13.9 Å². The van der Waals surface area contributed by atoms with Gasteiger partial charge in [0.05, 0.1) is 11.9 Å². The molecule has 1 aliphatic rings. The molecule has 1 fully saturated rings. The molecule has 5 nitrogen and oxygen atoms in total. The molecule has 2 N–H and O–H groups in total. The van der Waals surface area contributed by atoms with Gasteiger partial charge in [0.1, 0.15) is 5.60 Å². The Kier molecular flexibility index (Phi) is 4.36. The molecule has 0 aliphatic heterocycles. The molecule has 1 amide bonds. The van der Waals surface area contributed by atoms with E-state index in [1.165, 1.54) is 0 Å². The van der Waals surface area contributed by atoms with Crippen molar-refractivity contribution < 1.29 is 18.7 Å². The zero-order chi connectivity index (χ0) is 17.2. The summed E-state index contributed by atoms with van der Waals surface area (Å²) in [6, 6.07) is 9.49. The van der Waals surface area contributed by atoms with Crippen LogP contribution in [0.15, 0.2) is 42.7 Å². The normalized spacial score (nSPS) is 16.5. The van der Waals surface area contributed by atoms with Crippen LogP contribution < -0.4 is 5.32 Å². The largest absolute Gasteiger partial charge is 0.383 e. The summed E-state index contributed by atoms with van der Waals surface area (Å²) in [5.41, 5.74) is -0.466. The first-order chi connectivity index (χ1) is 11.4. The highest BCUT2D eigenvalue weighted by Crippen LogP contribution is 2.44. The van der Waals surface area contributed by atoms with E-state index in [4.69, 9.17) is 0 Å².